The molecule has 4 heteroatoms. The number of aryl methyl sites for hydroxylation is 1. The highest BCUT2D eigenvalue weighted by Gasteiger charge is 2.23. The van der Waals surface area contributed by atoms with Gasteiger partial charge < -0.3 is 5.11 Å². The Morgan fingerprint density at radius 3 is 2.89 bits per heavy atom. The molecule has 2 aromatic rings. The van der Waals surface area contributed by atoms with Gasteiger partial charge in [0.05, 0.1) is 12.1 Å². The number of aromatic nitrogens is 1. The summed E-state index contributed by atoms with van der Waals surface area (Å²) in [6.07, 6.45) is 3.11. The molecule has 1 aromatic carbocycles. The van der Waals surface area contributed by atoms with E-state index in [4.69, 9.17) is 5.11 Å². The summed E-state index contributed by atoms with van der Waals surface area (Å²) in [5.74, 6) is -0.252. The summed E-state index contributed by atoms with van der Waals surface area (Å²) >= 11 is 1.57. The van der Waals surface area contributed by atoms with Gasteiger partial charge in [-0.3, -0.25) is 4.79 Å². The van der Waals surface area contributed by atoms with Crippen molar-refractivity contribution in [3.05, 3.63) is 51.5 Å². The van der Waals surface area contributed by atoms with Gasteiger partial charge in [0.1, 0.15) is 5.01 Å². The lowest BCUT2D eigenvalue weighted by atomic mass is 9.85. The van der Waals surface area contributed by atoms with Crippen LogP contribution >= 0.6 is 11.3 Å². The minimum Gasteiger partial charge on any atom is -0.481 e. The molecule has 0 amide bonds. The predicted octanol–water partition coefficient (Wildman–Crippen LogP) is 3.04. The monoisotopic (exact) mass is 273 g/mol. The summed E-state index contributed by atoms with van der Waals surface area (Å²) in [4.78, 5) is 16.5. The second kappa shape index (κ2) is 5.13. The summed E-state index contributed by atoms with van der Waals surface area (Å²) in [6.45, 7) is 0. The van der Waals surface area contributed by atoms with Crippen molar-refractivity contribution in [2.75, 3.05) is 0 Å². The van der Waals surface area contributed by atoms with E-state index >= 15 is 0 Å². The first-order chi connectivity index (χ1) is 9.22. The molecule has 3 rings (SSSR count). The van der Waals surface area contributed by atoms with Crippen molar-refractivity contribution in [1.29, 1.82) is 0 Å². The van der Waals surface area contributed by atoms with Crippen molar-refractivity contribution < 1.29 is 9.90 Å². The molecule has 0 spiro atoms. The van der Waals surface area contributed by atoms with Gasteiger partial charge in [0.25, 0.3) is 0 Å². The number of thiazole rings is 1. The SMILES string of the molecule is O=C(O)Cc1nc2c(s1)C[C@@H](c1ccccc1)CC2. The van der Waals surface area contributed by atoms with E-state index in [1.54, 1.807) is 11.3 Å². The fourth-order valence-corrected chi connectivity index (χ4v) is 3.83. The lowest BCUT2D eigenvalue weighted by Gasteiger charge is -2.21. The Balaban J connectivity index is 1.80. The molecule has 0 unspecified atom stereocenters. The average molecular weight is 273 g/mol. The minimum absolute atomic E-state index is 0.0493. The first-order valence-corrected chi connectivity index (χ1v) is 7.28. The van der Waals surface area contributed by atoms with Crippen molar-refractivity contribution in [1.82, 2.24) is 4.98 Å². The van der Waals surface area contributed by atoms with Gasteiger partial charge in [-0.1, -0.05) is 30.3 Å². The van der Waals surface area contributed by atoms with Crippen LogP contribution in [0.15, 0.2) is 30.3 Å². The highest BCUT2D eigenvalue weighted by molar-refractivity contribution is 7.11. The van der Waals surface area contributed by atoms with E-state index in [-0.39, 0.29) is 6.42 Å². The zero-order valence-electron chi connectivity index (χ0n) is 10.5. The van der Waals surface area contributed by atoms with Gasteiger partial charge >= 0.3 is 5.97 Å². The molecule has 0 radical (unpaired) electrons. The lowest BCUT2D eigenvalue weighted by Crippen LogP contribution is -2.11. The van der Waals surface area contributed by atoms with Crippen LogP contribution in [0.4, 0.5) is 0 Å². The number of hydrogen-bond acceptors (Lipinski definition) is 3. The highest BCUT2D eigenvalue weighted by atomic mass is 32.1. The van der Waals surface area contributed by atoms with Gasteiger partial charge in [-0.25, -0.2) is 4.98 Å². The molecular formula is C15H15NO2S. The van der Waals surface area contributed by atoms with Gasteiger partial charge in [-0.05, 0) is 30.7 Å². The second-order valence-electron chi connectivity index (χ2n) is 4.90. The molecule has 0 bridgehead atoms. The zero-order chi connectivity index (χ0) is 13.2. The van der Waals surface area contributed by atoms with E-state index < -0.39 is 5.97 Å². The number of fused-ring (bicyclic) bond motifs is 1. The summed E-state index contributed by atoms with van der Waals surface area (Å²) in [5.41, 5.74) is 2.50. The Bertz CT molecular complexity index is 591. The van der Waals surface area contributed by atoms with Crippen LogP contribution in [0.5, 0.6) is 0 Å². The Morgan fingerprint density at radius 2 is 2.16 bits per heavy atom. The third kappa shape index (κ3) is 2.68. The van der Waals surface area contributed by atoms with Crippen molar-refractivity contribution in [2.45, 2.75) is 31.6 Å². The summed E-state index contributed by atoms with van der Waals surface area (Å²) < 4.78 is 0. The Labute approximate surface area is 115 Å². The first-order valence-electron chi connectivity index (χ1n) is 6.46. The molecule has 1 N–H and O–H groups in total. The van der Waals surface area contributed by atoms with E-state index in [1.165, 1.54) is 10.4 Å². The normalized spacial score (nSPS) is 18.0. The molecule has 0 aliphatic heterocycles. The van der Waals surface area contributed by atoms with Crippen LogP contribution < -0.4 is 0 Å². The molecule has 1 aromatic heterocycles. The zero-order valence-corrected chi connectivity index (χ0v) is 11.3. The van der Waals surface area contributed by atoms with Crippen LogP contribution in [-0.2, 0) is 24.1 Å². The van der Waals surface area contributed by atoms with E-state index in [0.717, 1.165) is 30.0 Å². The molecule has 3 nitrogen and oxygen atoms in total. The number of nitrogens with zero attached hydrogens (tertiary/aromatic N) is 1. The van der Waals surface area contributed by atoms with Crippen LogP contribution in [0, 0.1) is 0 Å². The molecule has 1 aliphatic rings. The third-order valence-corrected chi connectivity index (χ3v) is 4.68. The second-order valence-corrected chi connectivity index (χ2v) is 6.07. The topological polar surface area (TPSA) is 50.2 Å². The molecule has 19 heavy (non-hydrogen) atoms. The molecule has 1 heterocycles. The maximum atomic E-state index is 10.7. The fraction of sp³-hybridized carbons (Fsp3) is 0.333. The average Bonchev–Trinajstić information content (AvgIpc) is 2.79. The number of hydrogen-bond donors (Lipinski definition) is 1. The minimum atomic E-state index is -0.800. The van der Waals surface area contributed by atoms with Crippen molar-refractivity contribution >= 4 is 17.3 Å². The van der Waals surface area contributed by atoms with Crippen molar-refractivity contribution in [2.24, 2.45) is 0 Å². The Morgan fingerprint density at radius 1 is 1.37 bits per heavy atom. The molecule has 1 aliphatic carbocycles. The predicted molar refractivity (Wildman–Crippen MR) is 74.7 cm³/mol. The maximum Gasteiger partial charge on any atom is 0.310 e. The maximum absolute atomic E-state index is 10.7. The first kappa shape index (κ1) is 12.4. The van der Waals surface area contributed by atoms with E-state index in [2.05, 4.69) is 29.2 Å². The molecule has 0 saturated heterocycles. The smallest absolute Gasteiger partial charge is 0.310 e. The molecule has 0 fully saturated rings. The Kier molecular flexibility index (Phi) is 3.34. The number of aliphatic carboxylic acids is 1. The summed E-state index contributed by atoms with van der Waals surface area (Å²) in [6, 6.07) is 10.5. The van der Waals surface area contributed by atoms with Crippen molar-refractivity contribution in [3.8, 4) is 0 Å². The number of rotatable bonds is 3. The molecular weight excluding hydrogens is 258 g/mol. The van der Waals surface area contributed by atoms with Crippen LogP contribution in [0.25, 0.3) is 0 Å². The highest BCUT2D eigenvalue weighted by Crippen LogP contribution is 2.35. The Hall–Kier alpha value is -1.68. The third-order valence-electron chi connectivity index (χ3n) is 3.56. The van der Waals surface area contributed by atoms with Crippen LogP contribution in [-0.4, -0.2) is 16.1 Å². The largest absolute Gasteiger partial charge is 0.481 e. The number of carboxylic acids is 1. The van der Waals surface area contributed by atoms with Crippen molar-refractivity contribution in [3.63, 3.8) is 0 Å². The van der Waals surface area contributed by atoms with Gasteiger partial charge in [-0.2, -0.15) is 0 Å². The quantitative estimate of drug-likeness (QED) is 0.935. The van der Waals surface area contributed by atoms with E-state index in [0.29, 0.717) is 5.92 Å². The van der Waals surface area contributed by atoms with Crippen LogP contribution in [0.3, 0.4) is 0 Å². The lowest BCUT2D eigenvalue weighted by molar-refractivity contribution is -0.136. The molecule has 1 atom stereocenters. The van der Waals surface area contributed by atoms with E-state index in [1.807, 2.05) is 6.07 Å². The summed E-state index contributed by atoms with van der Waals surface area (Å²) in [7, 11) is 0. The van der Waals surface area contributed by atoms with Gasteiger partial charge in [-0.15, -0.1) is 11.3 Å². The molecule has 98 valence electrons. The number of benzene rings is 1. The van der Waals surface area contributed by atoms with Gasteiger partial charge in [0.15, 0.2) is 0 Å². The van der Waals surface area contributed by atoms with Crippen LogP contribution in [0.1, 0.15) is 33.5 Å². The number of carbonyl (C=O) groups is 1. The van der Waals surface area contributed by atoms with Crippen LogP contribution in [0.2, 0.25) is 0 Å². The van der Waals surface area contributed by atoms with E-state index in [9.17, 15) is 4.79 Å². The fourth-order valence-electron chi connectivity index (χ4n) is 2.64. The molecule has 0 saturated carbocycles. The van der Waals surface area contributed by atoms with Gasteiger partial charge in [0.2, 0.25) is 0 Å². The van der Waals surface area contributed by atoms with Gasteiger partial charge in [0, 0.05) is 4.88 Å². The number of carboxylic acid groups (broad SMARTS) is 1. The standard InChI is InChI=1S/C15H15NO2S/c17-15(18)9-14-16-12-7-6-11(8-13(12)19-14)10-4-2-1-3-5-10/h1-5,11H,6-9H2,(H,17,18)/t11-/m0/s1. The summed E-state index contributed by atoms with van der Waals surface area (Å²) in [5, 5.41) is 9.57.